The quantitative estimate of drug-likeness (QED) is 0.793. The summed E-state index contributed by atoms with van der Waals surface area (Å²) in [6, 6.07) is 7.96. The molecule has 0 aliphatic heterocycles. The molecule has 0 aliphatic rings. The molecule has 6 heteroatoms. The molecule has 0 atom stereocenters. The predicted molar refractivity (Wildman–Crippen MR) is 78.4 cm³/mol. The molecule has 3 nitrogen and oxygen atoms in total. The maximum Gasteiger partial charge on any atom is 0.251 e. The Morgan fingerprint density at radius 1 is 1.15 bits per heavy atom. The van der Waals surface area contributed by atoms with Crippen LogP contribution in [0.1, 0.15) is 15.9 Å². The molecule has 2 aromatic carbocycles. The van der Waals surface area contributed by atoms with Gasteiger partial charge in [-0.3, -0.25) is 4.79 Å². The Labute approximate surface area is 127 Å². The van der Waals surface area contributed by atoms with E-state index in [0.29, 0.717) is 14.7 Å². The van der Waals surface area contributed by atoms with Crippen molar-refractivity contribution in [3.05, 3.63) is 62.7 Å². The third-order valence-corrected chi connectivity index (χ3v) is 3.56. The number of hydrogen-bond donors (Lipinski definition) is 2. The van der Waals surface area contributed by atoms with E-state index in [0.717, 1.165) is 12.1 Å². The van der Waals surface area contributed by atoms with Crippen LogP contribution in [0.5, 0.6) is 5.75 Å². The first kappa shape index (κ1) is 14.7. The summed E-state index contributed by atoms with van der Waals surface area (Å²) in [5.41, 5.74) is 0.748. The summed E-state index contributed by atoms with van der Waals surface area (Å²) in [5, 5.41) is 12.1. The Balaban J connectivity index is 2.04. The molecule has 20 heavy (non-hydrogen) atoms. The Hall–Kier alpha value is -1.70. The lowest BCUT2D eigenvalue weighted by atomic mass is 10.2. The van der Waals surface area contributed by atoms with Crippen molar-refractivity contribution >= 4 is 28.5 Å². The molecule has 2 aromatic rings. The van der Waals surface area contributed by atoms with Gasteiger partial charge in [-0.1, -0.05) is 6.07 Å². The van der Waals surface area contributed by atoms with Crippen molar-refractivity contribution < 1.29 is 18.7 Å². The minimum Gasteiger partial charge on any atom is -0.507 e. The van der Waals surface area contributed by atoms with Crippen LogP contribution in [0.2, 0.25) is 0 Å². The molecule has 0 heterocycles. The summed E-state index contributed by atoms with van der Waals surface area (Å²) in [5.74, 6) is -2.26. The van der Waals surface area contributed by atoms with E-state index < -0.39 is 17.5 Å². The first-order valence-corrected chi connectivity index (χ1v) is 6.76. The summed E-state index contributed by atoms with van der Waals surface area (Å²) < 4.78 is 26.4. The minimum absolute atomic E-state index is 0.0195. The highest BCUT2D eigenvalue weighted by Crippen LogP contribution is 2.20. The van der Waals surface area contributed by atoms with Crippen molar-refractivity contribution in [3.8, 4) is 5.75 Å². The number of benzene rings is 2. The maximum atomic E-state index is 13.0. The molecule has 0 radical (unpaired) electrons. The average molecular weight is 389 g/mol. The van der Waals surface area contributed by atoms with Gasteiger partial charge in [-0.25, -0.2) is 8.78 Å². The zero-order valence-electron chi connectivity index (χ0n) is 10.2. The smallest absolute Gasteiger partial charge is 0.251 e. The Morgan fingerprint density at radius 2 is 1.90 bits per heavy atom. The number of phenolic OH excluding ortho intramolecular Hbond substituents is 1. The first-order valence-electron chi connectivity index (χ1n) is 5.68. The molecule has 0 fully saturated rings. The molecule has 1 amide bonds. The normalized spacial score (nSPS) is 10.3. The van der Waals surface area contributed by atoms with Gasteiger partial charge in [0.15, 0.2) is 11.6 Å². The van der Waals surface area contributed by atoms with Gasteiger partial charge in [-0.15, -0.1) is 0 Å². The second-order valence-corrected chi connectivity index (χ2v) is 5.26. The van der Waals surface area contributed by atoms with E-state index in [1.807, 2.05) is 22.6 Å². The van der Waals surface area contributed by atoms with E-state index in [1.165, 1.54) is 12.1 Å². The van der Waals surface area contributed by atoms with Crippen LogP contribution < -0.4 is 5.32 Å². The lowest BCUT2D eigenvalue weighted by Gasteiger charge is -2.07. The number of phenols is 1. The molecule has 0 unspecified atom stereocenters. The number of carbonyl (C=O) groups excluding carboxylic acids is 1. The second-order valence-electron chi connectivity index (χ2n) is 4.10. The van der Waals surface area contributed by atoms with Crippen molar-refractivity contribution in [3.63, 3.8) is 0 Å². The second kappa shape index (κ2) is 6.17. The standard InChI is InChI=1S/C14H10F2INO2/c15-10-3-1-8(5-11(10)16)7-18-14(20)9-2-4-12(17)13(19)6-9/h1-6,19H,7H2,(H,18,20). The fourth-order valence-electron chi connectivity index (χ4n) is 1.59. The molecular formula is C14H10F2INO2. The van der Waals surface area contributed by atoms with Crippen LogP contribution in [0.4, 0.5) is 8.78 Å². The zero-order valence-corrected chi connectivity index (χ0v) is 12.3. The number of aromatic hydroxyl groups is 1. The molecule has 0 spiro atoms. The van der Waals surface area contributed by atoms with E-state index in [9.17, 15) is 18.7 Å². The van der Waals surface area contributed by atoms with Gasteiger partial charge in [0.25, 0.3) is 5.91 Å². The lowest BCUT2D eigenvalue weighted by molar-refractivity contribution is 0.0950. The summed E-state index contributed by atoms with van der Waals surface area (Å²) in [7, 11) is 0. The van der Waals surface area contributed by atoms with Crippen molar-refractivity contribution in [1.29, 1.82) is 0 Å². The highest BCUT2D eigenvalue weighted by Gasteiger charge is 2.09. The maximum absolute atomic E-state index is 13.0. The SMILES string of the molecule is O=C(NCc1ccc(F)c(F)c1)c1ccc(I)c(O)c1. The van der Waals surface area contributed by atoms with Crippen LogP contribution >= 0.6 is 22.6 Å². The van der Waals surface area contributed by atoms with Crippen LogP contribution in [-0.4, -0.2) is 11.0 Å². The summed E-state index contributed by atoms with van der Waals surface area (Å²) in [4.78, 5) is 11.8. The number of nitrogens with one attached hydrogen (secondary N) is 1. The molecule has 2 rings (SSSR count). The Kier molecular flexibility index (Phi) is 4.53. The topological polar surface area (TPSA) is 49.3 Å². The van der Waals surface area contributed by atoms with Crippen molar-refractivity contribution in [2.75, 3.05) is 0 Å². The molecular weight excluding hydrogens is 379 g/mol. The van der Waals surface area contributed by atoms with Gasteiger partial charge < -0.3 is 10.4 Å². The van der Waals surface area contributed by atoms with Gasteiger partial charge in [0.1, 0.15) is 5.75 Å². The molecule has 0 saturated carbocycles. The number of rotatable bonds is 3. The first-order chi connectivity index (χ1) is 9.47. The third-order valence-electron chi connectivity index (χ3n) is 2.65. The lowest BCUT2D eigenvalue weighted by Crippen LogP contribution is -2.22. The summed E-state index contributed by atoms with van der Waals surface area (Å²) >= 11 is 1.94. The summed E-state index contributed by atoms with van der Waals surface area (Å²) in [6.45, 7) is 0.0722. The number of halogens is 3. The summed E-state index contributed by atoms with van der Waals surface area (Å²) in [6.07, 6.45) is 0. The highest BCUT2D eigenvalue weighted by molar-refractivity contribution is 14.1. The van der Waals surface area contributed by atoms with E-state index in [-0.39, 0.29) is 12.3 Å². The third kappa shape index (κ3) is 3.44. The Morgan fingerprint density at radius 3 is 2.55 bits per heavy atom. The minimum atomic E-state index is -0.955. The number of carbonyl (C=O) groups is 1. The van der Waals surface area contributed by atoms with Gasteiger partial charge in [0.2, 0.25) is 0 Å². The Bertz CT molecular complexity index is 662. The van der Waals surface area contributed by atoms with Crippen LogP contribution in [0.3, 0.4) is 0 Å². The van der Waals surface area contributed by atoms with E-state index >= 15 is 0 Å². The fourth-order valence-corrected chi connectivity index (χ4v) is 1.92. The van der Waals surface area contributed by atoms with Crippen molar-refractivity contribution in [2.24, 2.45) is 0 Å². The molecule has 0 saturated heterocycles. The monoisotopic (exact) mass is 389 g/mol. The van der Waals surface area contributed by atoms with Crippen LogP contribution in [0.15, 0.2) is 36.4 Å². The van der Waals surface area contributed by atoms with Crippen LogP contribution in [0.25, 0.3) is 0 Å². The predicted octanol–water partition coefficient (Wildman–Crippen LogP) is 3.21. The van der Waals surface area contributed by atoms with Gasteiger partial charge in [0, 0.05) is 12.1 Å². The zero-order chi connectivity index (χ0) is 14.7. The van der Waals surface area contributed by atoms with Gasteiger partial charge in [0.05, 0.1) is 3.57 Å². The molecule has 0 aromatic heterocycles. The van der Waals surface area contributed by atoms with E-state index in [2.05, 4.69) is 5.32 Å². The van der Waals surface area contributed by atoms with Crippen LogP contribution in [0, 0.1) is 15.2 Å². The molecule has 104 valence electrons. The molecule has 0 aliphatic carbocycles. The number of hydrogen-bond acceptors (Lipinski definition) is 2. The van der Waals surface area contributed by atoms with Crippen molar-refractivity contribution in [2.45, 2.75) is 6.54 Å². The average Bonchev–Trinajstić information content (AvgIpc) is 2.43. The van der Waals surface area contributed by atoms with E-state index in [1.54, 1.807) is 12.1 Å². The largest absolute Gasteiger partial charge is 0.507 e. The van der Waals surface area contributed by atoms with Crippen LogP contribution in [-0.2, 0) is 6.54 Å². The van der Waals surface area contributed by atoms with Gasteiger partial charge in [-0.2, -0.15) is 0 Å². The van der Waals surface area contributed by atoms with Gasteiger partial charge >= 0.3 is 0 Å². The van der Waals surface area contributed by atoms with Crippen molar-refractivity contribution in [1.82, 2.24) is 5.32 Å². The highest BCUT2D eigenvalue weighted by atomic mass is 127. The fraction of sp³-hybridized carbons (Fsp3) is 0.0714. The number of amides is 1. The van der Waals surface area contributed by atoms with Gasteiger partial charge in [-0.05, 0) is 58.5 Å². The molecule has 0 bridgehead atoms. The molecule has 2 N–H and O–H groups in total. The van der Waals surface area contributed by atoms with E-state index in [4.69, 9.17) is 0 Å².